The summed E-state index contributed by atoms with van der Waals surface area (Å²) in [4.78, 5) is 4.12. The van der Waals surface area contributed by atoms with Gasteiger partial charge in [0.2, 0.25) is 0 Å². The second-order valence-corrected chi connectivity index (χ2v) is 7.51. The first-order valence-corrected chi connectivity index (χ1v) is 9.66. The van der Waals surface area contributed by atoms with Gasteiger partial charge < -0.3 is 14.8 Å². The minimum atomic E-state index is 0.534. The number of fused-ring (bicyclic) bond motifs is 1. The molecule has 0 unspecified atom stereocenters. The Balaban J connectivity index is 1.55. The van der Waals surface area contributed by atoms with E-state index in [0.29, 0.717) is 12.0 Å². The number of aromatic nitrogens is 1. The van der Waals surface area contributed by atoms with E-state index in [1.54, 1.807) is 14.2 Å². The Hall–Kier alpha value is -2.07. The third-order valence-corrected chi connectivity index (χ3v) is 6.27. The van der Waals surface area contributed by atoms with E-state index >= 15 is 0 Å². The van der Waals surface area contributed by atoms with Crippen molar-refractivity contribution in [3.63, 3.8) is 0 Å². The lowest BCUT2D eigenvalue weighted by Gasteiger charge is -2.55. The summed E-state index contributed by atoms with van der Waals surface area (Å²) in [5, 5.41) is 3.85. The largest absolute Gasteiger partial charge is 0.493 e. The molecule has 4 rings (SSSR count). The standard InChI is InChI=1S/C22H28N2O2/c1-25-19-8-7-16(13-20(19)26-2)21-17-5-3-4-6-18(17)22(21)24-14-15-9-11-23-12-10-15/h7-13,17-18,21-22,24H,3-6,14H2,1-2H3/t17-,18+,21+,22+/m1/s1. The first-order valence-electron chi connectivity index (χ1n) is 9.66. The molecule has 0 bridgehead atoms. The van der Waals surface area contributed by atoms with E-state index in [9.17, 15) is 0 Å². The van der Waals surface area contributed by atoms with E-state index in [2.05, 4.69) is 34.6 Å². The number of rotatable bonds is 6. The number of hydrogen-bond acceptors (Lipinski definition) is 4. The predicted octanol–water partition coefficient (Wildman–Crippen LogP) is 4.16. The Morgan fingerprint density at radius 3 is 2.42 bits per heavy atom. The molecule has 0 spiro atoms. The number of hydrogen-bond donors (Lipinski definition) is 1. The van der Waals surface area contributed by atoms with Gasteiger partial charge in [0.15, 0.2) is 11.5 Å². The van der Waals surface area contributed by atoms with Crippen LogP contribution in [-0.4, -0.2) is 25.2 Å². The molecule has 4 nitrogen and oxygen atoms in total. The number of ether oxygens (including phenoxy) is 2. The zero-order valence-electron chi connectivity index (χ0n) is 15.7. The number of benzene rings is 1. The van der Waals surface area contributed by atoms with Crippen LogP contribution < -0.4 is 14.8 Å². The lowest BCUT2D eigenvalue weighted by Crippen LogP contribution is -2.57. The molecule has 1 aromatic heterocycles. The van der Waals surface area contributed by atoms with Gasteiger partial charge in [-0.25, -0.2) is 0 Å². The molecule has 1 N–H and O–H groups in total. The van der Waals surface area contributed by atoms with Crippen LogP contribution in [0.5, 0.6) is 11.5 Å². The van der Waals surface area contributed by atoms with E-state index in [4.69, 9.17) is 9.47 Å². The van der Waals surface area contributed by atoms with Gasteiger partial charge in [0.05, 0.1) is 14.2 Å². The number of pyridine rings is 1. The smallest absolute Gasteiger partial charge is 0.160 e. The average Bonchev–Trinajstić information content (AvgIpc) is 2.69. The predicted molar refractivity (Wildman–Crippen MR) is 103 cm³/mol. The summed E-state index contributed by atoms with van der Waals surface area (Å²) in [7, 11) is 3.40. The molecule has 4 heteroatoms. The molecule has 2 saturated carbocycles. The summed E-state index contributed by atoms with van der Waals surface area (Å²) in [6, 6.07) is 11.2. The van der Waals surface area contributed by atoms with Gasteiger partial charge in [-0.3, -0.25) is 4.98 Å². The Kier molecular flexibility index (Phi) is 5.11. The van der Waals surface area contributed by atoms with Crippen molar-refractivity contribution < 1.29 is 9.47 Å². The molecule has 138 valence electrons. The summed E-state index contributed by atoms with van der Waals surface area (Å²) >= 11 is 0. The molecule has 4 atom stereocenters. The Bertz CT molecular complexity index is 734. The van der Waals surface area contributed by atoms with Gasteiger partial charge in [-0.15, -0.1) is 0 Å². The first kappa shape index (κ1) is 17.3. The molecule has 2 aliphatic carbocycles. The van der Waals surface area contributed by atoms with Crippen LogP contribution in [0.4, 0.5) is 0 Å². The second-order valence-electron chi connectivity index (χ2n) is 7.51. The molecule has 1 aromatic carbocycles. The van der Waals surface area contributed by atoms with Crippen molar-refractivity contribution in [2.45, 2.75) is 44.2 Å². The monoisotopic (exact) mass is 352 g/mol. The highest BCUT2D eigenvalue weighted by molar-refractivity contribution is 5.45. The molecule has 2 fully saturated rings. The van der Waals surface area contributed by atoms with Crippen LogP contribution in [-0.2, 0) is 6.54 Å². The van der Waals surface area contributed by atoms with E-state index in [1.165, 1.54) is 36.8 Å². The molecule has 26 heavy (non-hydrogen) atoms. The number of nitrogens with zero attached hydrogens (tertiary/aromatic N) is 1. The van der Waals surface area contributed by atoms with Gasteiger partial charge >= 0.3 is 0 Å². The van der Waals surface area contributed by atoms with Gasteiger partial charge in [-0.1, -0.05) is 18.9 Å². The van der Waals surface area contributed by atoms with Gasteiger partial charge in [-0.05, 0) is 60.1 Å². The zero-order valence-corrected chi connectivity index (χ0v) is 15.7. The van der Waals surface area contributed by atoms with E-state index in [-0.39, 0.29) is 0 Å². The number of nitrogens with one attached hydrogen (secondary N) is 1. The van der Waals surface area contributed by atoms with Crippen molar-refractivity contribution in [2.75, 3.05) is 14.2 Å². The molecule has 2 aromatic rings. The van der Waals surface area contributed by atoms with Crippen LogP contribution in [0.1, 0.15) is 42.7 Å². The lowest BCUT2D eigenvalue weighted by molar-refractivity contribution is 0.0253. The summed E-state index contributed by atoms with van der Waals surface area (Å²) < 4.78 is 11.0. The summed E-state index contributed by atoms with van der Waals surface area (Å²) in [6.45, 7) is 0.903. The van der Waals surface area contributed by atoms with Crippen LogP contribution in [0.3, 0.4) is 0 Å². The maximum Gasteiger partial charge on any atom is 0.160 e. The molecule has 2 aliphatic rings. The zero-order chi connectivity index (χ0) is 17.9. The van der Waals surface area contributed by atoms with Gasteiger partial charge in [0.1, 0.15) is 0 Å². The highest BCUT2D eigenvalue weighted by Crippen LogP contribution is 2.55. The highest BCUT2D eigenvalue weighted by Gasteiger charge is 2.51. The summed E-state index contributed by atoms with van der Waals surface area (Å²) in [6.07, 6.45) is 9.16. The van der Waals surface area contributed by atoms with Crippen LogP contribution >= 0.6 is 0 Å². The quantitative estimate of drug-likeness (QED) is 0.848. The molecule has 0 aliphatic heterocycles. The van der Waals surface area contributed by atoms with Crippen molar-refractivity contribution in [1.29, 1.82) is 0 Å². The lowest BCUT2D eigenvalue weighted by atomic mass is 9.53. The van der Waals surface area contributed by atoms with Crippen molar-refractivity contribution in [3.8, 4) is 11.5 Å². The fourth-order valence-electron chi connectivity index (χ4n) is 5.00. The summed E-state index contributed by atoms with van der Waals surface area (Å²) in [5.74, 6) is 3.77. The van der Waals surface area contributed by atoms with Crippen LogP contribution in [0, 0.1) is 11.8 Å². The van der Waals surface area contributed by atoms with Crippen molar-refractivity contribution in [1.82, 2.24) is 10.3 Å². The van der Waals surface area contributed by atoms with Crippen LogP contribution in [0.15, 0.2) is 42.7 Å². The minimum absolute atomic E-state index is 0.534. The average molecular weight is 352 g/mol. The summed E-state index contributed by atoms with van der Waals surface area (Å²) in [5.41, 5.74) is 2.67. The highest BCUT2D eigenvalue weighted by atomic mass is 16.5. The van der Waals surface area contributed by atoms with E-state index in [0.717, 1.165) is 29.9 Å². The Labute approximate surface area is 155 Å². The van der Waals surface area contributed by atoms with Crippen LogP contribution in [0.25, 0.3) is 0 Å². The topological polar surface area (TPSA) is 43.4 Å². The van der Waals surface area contributed by atoms with E-state index < -0.39 is 0 Å². The Morgan fingerprint density at radius 2 is 1.69 bits per heavy atom. The molecule has 1 heterocycles. The molecular formula is C22H28N2O2. The maximum atomic E-state index is 5.54. The third kappa shape index (κ3) is 3.18. The van der Waals surface area contributed by atoms with E-state index in [1.807, 2.05) is 18.5 Å². The number of methoxy groups -OCH3 is 2. The molecule has 0 radical (unpaired) electrons. The normalized spacial score (nSPS) is 27.3. The van der Waals surface area contributed by atoms with Gasteiger partial charge in [-0.2, -0.15) is 0 Å². The van der Waals surface area contributed by atoms with Gasteiger partial charge in [0, 0.05) is 30.9 Å². The van der Waals surface area contributed by atoms with Crippen molar-refractivity contribution >= 4 is 0 Å². The van der Waals surface area contributed by atoms with Crippen LogP contribution in [0.2, 0.25) is 0 Å². The molecular weight excluding hydrogens is 324 g/mol. The van der Waals surface area contributed by atoms with Crippen molar-refractivity contribution in [2.24, 2.45) is 11.8 Å². The SMILES string of the molecule is COc1ccc([C@H]2[C@@H]3CCCC[C@@H]3[C@@H]2NCc2ccncc2)cc1OC. The maximum absolute atomic E-state index is 5.54. The molecule has 0 amide bonds. The minimum Gasteiger partial charge on any atom is -0.493 e. The fraction of sp³-hybridized carbons (Fsp3) is 0.500. The Morgan fingerprint density at radius 1 is 0.962 bits per heavy atom. The second kappa shape index (κ2) is 7.67. The third-order valence-electron chi connectivity index (χ3n) is 6.27. The van der Waals surface area contributed by atoms with Gasteiger partial charge in [0.25, 0.3) is 0 Å². The molecule has 0 saturated heterocycles. The first-order chi connectivity index (χ1) is 12.8. The fourth-order valence-corrected chi connectivity index (χ4v) is 5.00. The van der Waals surface area contributed by atoms with Crippen molar-refractivity contribution in [3.05, 3.63) is 53.9 Å².